The molecule has 1 atom stereocenters. The van der Waals surface area contributed by atoms with E-state index in [0.717, 1.165) is 41.8 Å². The van der Waals surface area contributed by atoms with E-state index in [-0.39, 0.29) is 30.6 Å². The summed E-state index contributed by atoms with van der Waals surface area (Å²) in [6.07, 6.45) is 5.10. The second-order valence-electron chi connectivity index (χ2n) is 10.2. The number of hydrogen-bond donors (Lipinski definition) is 1. The van der Waals surface area contributed by atoms with E-state index in [2.05, 4.69) is 5.32 Å². The Kier molecular flexibility index (Phi) is 10.6. The SMILES string of the molecule is CS(=O)(=O)N(CC(=O)N(Cc1ccc(Cl)c(Cl)c1)C(Cc1ccccc1)C(=O)NC1CCCC1)c1ccc(Cl)cc1. The summed E-state index contributed by atoms with van der Waals surface area (Å²) >= 11 is 18.4. The first-order valence-corrected chi connectivity index (χ1v) is 16.3. The molecule has 3 aromatic rings. The number of rotatable bonds is 11. The molecule has 11 heteroatoms. The van der Waals surface area contributed by atoms with Crippen molar-refractivity contribution in [3.63, 3.8) is 0 Å². The molecule has 1 N–H and O–H groups in total. The van der Waals surface area contributed by atoms with Crippen molar-refractivity contribution in [2.75, 3.05) is 17.1 Å². The molecule has 218 valence electrons. The second kappa shape index (κ2) is 13.9. The standard InChI is InChI=1S/C30H32Cl3N3O4S/c1-41(39,40)36(25-14-12-23(31)13-15-25)20-29(37)35(19-22-11-16-26(32)27(33)17-22)28(18-21-7-3-2-4-8-21)30(38)34-24-9-5-6-10-24/h2-4,7-8,11-17,24,28H,5-6,9-10,18-20H2,1H3,(H,34,38). The Morgan fingerprint density at radius 3 is 2.17 bits per heavy atom. The third-order valence-corrected chi connectivity index (χ3v) is 9.23. The van der Waals surface area contributed by atoms with Crippen molar-refractivity contribution in [3.8, 4) is 0 Å². The topological polar surface area (TPSA) is 86.8 Å². The number of carbonyl (C=O) groups excluding carboxylic acids is 2. The lowest BCUT2D eigenvalue weighted by Gasteiger charge is -2.34. The zero-order valence-electron chi connectivity index (χ0n) is 22.6. The lowest BCUT2D eigenvalue weighted by molar-refractivity contribution is -0.140. The molecule has 0 radical (unpaired) electrons. The van der Waals surface area contributed by atoms with Crippen LogP contribution in [0.15, 0.2) is 72.8 Å². The van der Waals surface area contributed by atoms with E-state index in [9.17, 15) is 18.0 Å². The highest BCUT2D eigenvalue weighted by molar-refractivity contribution is 7.92. The number of benzene rings is 3. The molecule has 0 heterocycles. The summed E-state index contributed by atoms with van der Waals surface area (Å²) in [6, 6.07) is 19.7. The van der Waals surface area contributed by atoms with Gasteiger partial charge in [0.25, 0.3) is 0 Å². The van der Waals surface area contributed by atoms with Gasteiger partial charge in [0.05, 0.1) is 22.0 Å². The molecule has 1 saturated carbocycles. The van der Waals surface area contributed by atoms with Crippen LogP contribution in [0.25, 0.3) is 0 Å². The smallest absolute Gasteiger partial charge is 0.244 e. The lowest BCUT2D eigenvalue weighted by Crippen LogP contribution is -2.54. The van der Waals surface area contributed by atoms with Crippen molar-refractivity contribution in [3.05, 3.63) is 99.0 Å². The molecule has 7 nitrogen and oxygen atoms in total. The van der Waals surface area contributed by atoms with E-state index in [0.29, 0.717) is 20.6 Å². The van der Waals surface area contributed by atoms with Crippen LogP contribution in [0.2, 0.25) is 15.1 Å². The molecule has 1 unspecified atom stereocenters. The van der Waals surface area contributed by atoms with Crippen LogP contribution in [0.3, 0.4) is 0 Å². The molecule has 0 bridgehead atoms. The Labute approximate surface area is 256 Å². The maximum Gasteiger partial charge on any atom is 0.244 e. The highest BCUT2D eigenvalue weighted by Crippen LogP contribution is 2.26. The van der Waals surface area contributed by atoms with E-state index >= 15 is 0 Å². The van der Waals surface area contributed by atoms with Gasteiger partial charge in [-0.25, -0.2) is 8.42 Å². The van der Waals surface area contributed by atoms with Gasteiger partial charge in [0.2, 0.25) is 21.8 Å². The third kappa shape index (κ3) is 8.61. The van der Waals surface area contributed by atoms with Gasteiger partial charge in [-0.1, -0.05) is 84.0 Å². The molecule has 1 aliphatic rings. The van der Waals surface area contributed by atoms with E-state index in [1.54, 1.807) is 30.3 Å². The first-order valence-electron chi connectivity index (χ1n) is 13.3. The van der Waals surface area contributed by atoms with Crippen LogP contribution < -0.4 is 9.62 Å². The minimum atomic E-state index is -3.86. The van der Waals surface area contributed by atoms with E-state index in [1.807, 2.05) is 30.3 Å². The highest BCUT2D eigenvalue weighted by Gasteiger charge is 2.34. The van der Waals surface area contributed by atoms with Gasteiger partial charge in [-0.2, -0.15) is 0 Å². The zero-order chi connectivity index (χ0) is 29.6. The summed E-state index contributed by atoms with van der Waals surface area (Å²) in [5, 5.41) is 4.24. The molecule has 3 aromatic carbocycles. The summed E-state index contributed by atoms with van der Waals surface area (Å²) in [5.74, 6) is -0.828. The second-order valence-corrected chi connectivity index (χ2v) is 13.4. The molecule has 1 fully saturated rings. The monoisotopic (exact) mass is 635 g/mol. The Bertz CT molecular complexity index is 1460. The largest absolute Gasteiger partial charge is 0.352 e. The summed E-state index contributed by atoms with van der Waals surface area (Å²) in [5.41, 5.74) is 1.80. The summed E-state index contributed by atoms with van der Waals surface area (Å²) in [7, 11) is -3.86. The van der Waals surface area contributed by atoms with Gasteiger partial charge < -0.3 is 10.2 Å². The van der Waals surface area contributed by atoms with Crippen LogP contribution >= 0.6 is 34.8 Å². The average Bonchev–Trinajstić information content (AvgIpc) is 3.44. The normalized spacial score (nSPS) is 14.4. The van der Waals surface area contributed by atoms with Gasteiger partial charge >= 0.3 is 0 Å². The molecule has 41 heavy (non-hydrogen) atoms. The molecule has 4 rings (SSSR count). The lowest BCUT2D eigenvalue weighted by atomic mass is 10.0. The van der Waals surface area contributed by atoms with E-state index in [1.165, 1.54) is 17.0 Å². The highest BCUT2D eigenvalue weighted by atomic mass is 35.5. The predicted molar refractivity (Wildman–Crippen MR) is 165 cm³/mol. The van der Waals surface area contributed by atoms with Gasteiger partial charge in [-0.05, 0) is 60.4 Å². The van der Waals surface area contributed by atoms with Crippen LogP contribution in [0.5, 0.6) is 0 Å². The maximum atomic E-state index is 14.1. The van der Waals surface area contributed by atoms with Crippen LogP contribution in [0.1, 0.15) is 36.8 Å². The molecule has 2 amide bonds. The minimum absolute atomic E-state index is 0.0174. The Morgan fingerprint density at radius 2 is 1.56 bits per heavy atom. The van der Waals surface area contributed by atoms with Gasteiger partial charge in [0.1, 0.15) is 12.6 Å². The number of anilines is 1. The molecule has 0 aromatic heterocycles. The van der Waals surface area contributed by atoms with Crippen molar-refractivity contribution in [1.29, 1.82) is 0 Å². The Balaban J connectivity index is 1.73. The number of carbonyl (C=O) groups is 2. The summed E-state index contributed by atoms with van der Waals surface area (Å²) in [6.45, 7) is -0.493. The van der Waals surface area contributed by atoms with Crippen LogP contribution in [-0.2, 0) is 32.6 Å². The number of sulfonamides is 1. The van der Waals surface area contributed by atoms with Crippen molar-refractivity contribution < 1.29 is 18.0 Å². The quantitative estimate of drug-likeness (QED) is 0.275. The number of hydrogen-bond acceptors (Lipinski definition) is 4. The zero-order valence-corrected chi connectivity index (χ0v) is 25.7. The third-order valence-electron chi connectivity index (χ3n) is 7.10. The molecular weight excluding hydrogens is 605 g/mol. The summed E-state index contributed by atoms with van der Waals surface area (Å²) < 4.78 is 26.7. The Morgan fingerprint density at radius 1 is 0.902 bits per heavy atom. The van der Waals surface area contributed by atoms with E-state index < -0.39 is 28.5 Å². The Hall–Kier alpha value is -2.78. The van der Waals surface area contributed by atoms with Crippen LogP contribution in [0, 0.1) is 0 Å². The number of nitrogens with one attached hydrogen (secondary N) is 1. The molecule has 0 aliphatic heterocycles. The van der Waals surface area contributed by atoms with E-state index in [4.69, 9.17) is 34.8 Å². The molecule has 1 aliphatic carbocycles. The number of halogens is 3. The maximum absolute atomic E-state index is 14.1. The molecule has 0 spiro atoms. The van der Waals surface area contributed by atoms with Gasteiger partial charge in [0.15, 0.2) is 0 Å². The van der Waals surface area contributed by atoms with Crippen LogP contribution in [0.4, 0.5) is 5.69 Å². The van der Waals surface area contributed by atoms with Crippen molar-refractivity contribution >= 4 is 62.3 Å². The first-order chi connectivity index (χ1) is 19.5. The number of nitrogens with zero attached hydrogens (tertiary/aromatic N) is 2. The van der Waals surface area contributed by atoms with Gasteiger partial charge in [0, 0.05) is 24.0 Å². The fourth-order valence-electron chi connectivity index (χ4n) is 4.98. The fourth-order valence-corrected chi connectivity index (χ4v) is 6.27. The summed E-state index contributed by atoms with van der Waals surface area (Å²) in [4.78, 5) is 29.4. The van der Waals surface area contributed by atoms with Gasteiger partial charge in [-0.15, -0.1) is 0 Å². The number of amides is 2. The van der Waals surface area contributed by atoms with Crippen molar-refractivity contribution in [2.24, 2.45) is 0 Å². The van der Waals surface area contributed by atoms with Crippen molar-refractivity contribution in [1.82, 2.24) is 10.2 Å². The van der Waals surface area contributed by atoms with Crippen molar-refractivity contribution in [2.45, 2.75) is 50.7 Å². The minimum Gasteiger partial charge on any atom is -0.352 e. The predicted octanol–water partition coefficient (Wildman–Crippen LogP) is 6.11. The fraction of sp³-hybridized carbons (Fsp3) is 0.333. The van der Waals surface area contributed by atoms with Gasteiger partial charge in [-0.3, -0.25) is 13.9 Å². The first kappa shape index (κ1) is 31.2. The average molecular weight is 637 g/mol. The molecule has 0 saturated heterocycles. The molecular formula is C30H32Cl3N3O4S. The van der Waals surface area contributed by atoms with Crippen LogP contribution in [-0.4, -0.2) is 50.0 Å².